The standard InChI is InChI=1S/C12H14N2O2/c15-8-11-3-1-10(2-4-11)7-14-6-5-13-12(14)9-16/h1-6,15-16H,7-9H2. The van der Waals surface area contributed by atoms with E-state index in [2.05, 4.69) is 4.98 Å². The highest BCUT2D eigenvalue weighted by Gasteiger charge is 2.01. The number of aromatic nitrogens is 2. The molecule has 1 aromatic carbocycles. The number of nitrogens with zero attached hydrogens (tertiary/aromatic N) is 2. The Hall–Kier alpha value is -1.65. The van der Waals surface area contributed by atoms with E-state index in [9.17, 15) is 0 Å². The van der Waals surface area contributed by atoms with Crippen molar-refractivity contribution in [1.82, 2.24) is 9.55 Å². The van der Waals surface area contributed by atoms with Gasteiger partial charge in [0.2, 0.25) is 0 Å². The summed E-state index contributed by atoms with van der Waals surface area (Å²) in [6.45, 7) is 0.691. The largest absolute Gasteiger partial charge is 0.392 e. The third kappa shape index (κ3) is 2.29. The van der Waals surface area contributed by atoms with Gasteiger partial charge in [0.15, 0.2) is 0 Å². The van der Waals surface area contributed by atoms with Crippen LogP contribution in [0.25, 0.3) is 0 Å². The summed E-state index contributed by atoms with van der Waals surface area (Å²) in [6.07, 6.45) is 3.51. The van der Waals surface area contributed by atoms with Crippen molar-refractivity contribution in [2.24, 2.45) is 0 Å². The number of imidazole rings is 1. The SMILES string of the molecule is OCc1ccc(Cn2ccnc2CO)cc1. The molecule has 0 aliphatic rings. The molecule has 0 atom stereocenters. The van der Waals surface area contributed by atoms with E-state index < -0.39 is 0 Å². The molecule has 84 valence electrons. The fourth-order valence-electron chi connectivity index (χ4n) is 1.58. The van der Waals surface area contributed by atoms with Crippen molar-refractivity contribution in [2.45, 2.75) is 19.8 Å². The van der Waals surface area contributed by atoms with Crippen molar-refractivity contribution < 1.29 is 10.2 Å². The molecule has 0 saturated heterocycles. The predicted octanol–water partition coefficient (Wildman–Crippen LogP) is 0.916. The van der Waals surface area contributed by atoms with Crippen LogP contribution in [-0.4, -0.2) is 19.8 Å². The molecule has 0 aliphatic carbocycles. The van der Waals surface area contributed by atoms with Gasteiger partial charge in [0.25, 0.3) is 0 Å². The maximum absolute atomic E-state index is 9.05. The highest BCUT2D eigenvalue weighted by atomic mass is 16.3. The van der Waals surface area contributed by atoms with E-state index >= 15 is 0 Å². The van der Waals surface area contributed by atoms with Crippen LogP contribution in [0.3, 0.4) is 0 Å². The first kappa shape index (κ1) is 10.9. The van der Waals surface area contributed by atoms with Crippen molar-refractivity contribution >= 4 is 0 Å². The van der Waals surface area contributed by atoms with E-state index in [1.165, 1.54) is 0 Å². The number of hydrogen-bond donors (Lipinski definition) is 2. The van der Waals surface area contributed by atoms with Crippen LogP contribution in [0.5, 0.6) is 0 Å². The van der Waals surface area contributed by atoms with Gasteiger partial charge in [-0.05, 0) is 11.1 Å². The van der Waals surface area contributed by atoms with Crippen LogP contribution in [0.2, 0.25) is 0 Å². The van der Waals surface area contributed by atoms with Gasteiger partial charge in [-0.2, -0.15) is 0 Å². The van der Waals surface area contributed by atoms with Crippen molar-refractivity contribution in [3.05, 3.63) is 53.6 Å². The number of aliphatic hydroxyl groups excluding tert-OH is 2. The first-order chi connectivity index (χ1) is 7.83. The topological polar surface area (TPSA) is 58.3 Å². The minimum absolute atomic E-state index is 0.0538. The highest BCUT2D eigenvalue weighted by molar-refractivity contribution is 5.22. The molecule has 2 rings (SSSR count). The Kier molecular flexibility index (Phi) is 3.34. The molecule has 16 heavy (non-hydrogen) atoms. The highest BCUT2D eigenvalue weighted by Crippen LogP contribution is 2.08. The Morgan fingerprint density at radius 3 is 2.31 bits per heavy atom. The molecule has 4 heteroatoms. The van der Waals surface area contributed by atoms with Crippen molar-refractivity contribution in [3.8, 4) is 0 Å². The molecule has 4 nitrogen and oxygen atoms in total. The average molecular weight is 218 g/mol. The van der Waals surface area contributed by atoms with Gasteiger partial charge >= 0.3 is 0 Å². The molecule has 0 bridgehead atoms. The molecule has 0 fully saturated rings. The Balaban J connectivity index is 2.14. The zero-order valence-electron chi connectivity index (χ0n) is 8.87. The smallest absolute Gasteiger partial charge is 0.134 e. The Bertz CT molecular complexity index is 448. The Labute approximate surface area is 93.8 Å². The number of benzene rings is 1. The molecule has 0 saturated carbocycles. The lowest BCUT2D eigenvalue weighted by Crippen LogP contribution is -2.04. The molecule has 1 aromatic heterocycles. The van der Waals surface area contributed by atoms with Gasteiger partial charge in [0.05, 0.1) is 6.61 Å². The molecule has 0 unspecified atom stereocenters. The summed E-state index contributed by atoms with van der Waals surface area (Å²) in [4.78, 5) is 4.04. The van der Waals surface area contributed by atoms with Crippen molar-refractivity contribution in [3.63, 3.8) is 0 Å². The maximum atomic E-state index is 9.05. The molecule has 0 spiro atoms. The molecule has 2 aromatic rings. The maximum Gasteiger partial charge on any atom is 0.134 e. The van der Waals surface area contributed by atoms with E-state index in [-0.39, 0.29) is 13.2 Å². The summed E-state index contributed by atoms with van der Waals surface area (Å²) < 4.78 is 1.90. The number of hydrogen-bond acceptors (Lipinski definition) is 3. The summed E-state index contributed by atoms with van der Waals surface area (Å²) in [5.74, 6) is 0.659. The first-order valence-electron chi connectivity index (χ1n) is 5.13. The summed E-state index contributed by atoms with van der Waals surface area (Å²) in [6, 6.07) is 7.72. The van der Waals surface area contributed by atoms with Gasteiger partial charge in [0.1, 0.15) is 12.4 Å². The van der Waals surface area contributed by atoms with Gasteiger partial charge in [0, 0.05) is 18.9 Å². The minimum atomic E-state index is -0.0538. The average Bonchev–Trinajstić information content (AvgIpc) is 2.77. The van der Waals surface area contributed by atoms with Crippen LogP contribution in [0.4, 0.5) is 0 Å². The van der Waals surface area contributed by atoms with Gasteiger partial charge in [-0.25, -0.2) is 4.98 Å². The Morgan fingerprint density at radius 1 is 1.00 bits per heavy atom. The lowest BCUT2D eigenvalue weighted by molar-refractivity contribution is 0.266. The van der Waals surface area contributed by atoms with E-state index in [0.717, 1.165) is 11.1 Å². The van der Waals surface area contributed by atoms with Crippen LogP contribution in [0.15, 0.2) is 36.7 Å². The lowest BCUT2D eigenvalue weighted by atomic mass is 10.1. The summed E-state index contributed by atoms with van der Waals surface area (Å²) in [5.41, 5.74) is 2.02. The fourth-order valence-corrected chi connectivity index (χ4v) is 1.58. The number of aliphatic hydroxyl groups is 2. The van der Waals surface area contributed by atoms with Gasteiger partial charge < -0.3 is 14.8 Å². The van der Waals surface area contributed by atoms with E-state index in [1.54, 1.807) is 6.20 Å². The molecule has 1 heterocycles. The van der Waals surface area contributed by atoms with E-state index in [0.29, 0.717) is 12.4 Å². The molecule has 2 N–H and O–H groups in total. The van der Waals surface area contributed by atoms with Crippen molar-refractivity contribution in [2.75, 3.05) is 0 Å². The minimum Gasteiger partial charge on any atom is -0.392 e. The molecule has 0 amide bonds. The Morgan fingerprint density at radius 2 is 1.69 bits per heavy atom. The van der Waals surface area contributed by atoms with Crippen LogP contribution >= 0.6 is 0 Å². The third-order valence-electron chi connectivity index (χ3n) is 2.50. The summed E-state index contributed by atoms with van der Waals surface area (Å²) in [7, 11) is 0. The fraction of sp³-hybridized carbons (Fsp3) is 0.250. The summed E-state index contributed by atoms with van der Waals surface area (Å²) in [5, 5.41) is 18.0. The quantitative estimate of drug-likeness (QED) is 0.802. The van der Waals surface area contributed by atoms with Crippen LogP contribution < -0.4 is 0 Å². The zero-order valence-corrected chi connectivity index (χ0v) is 8.87. The second-order valence-electron chi connectivity index (χ2n) is 3.60. The van der Waals surface area contributed by atoms with Gasteiger partial charge in [-0.3, -0.25) is 0 Å². The molecular weight excluding hydrogens is 204 g/mol. The number of rotatable bonds is 4. The van der Waals surface area contributed by atoms with E-state index in [4.69, 9.17) is 10.2 Å². The van der Waals surface area contributed by atoms with Gasteiger partial charge in [-0.15, -0.1) is 0 Å². The monoisotopic (exact) mass is 218 g/mol. The third-order valence-corrected chi connectivity index (χ3v) is 2.50. The van der Waals surface area contributed by atoms with Crippen LogP contribution in [-0.2, 0) is 19.8 Å². The second-order valence-corrected chi connectivity index (χ2v) is 3.60. The predicted molar refractivity (Wildman–Crippen MR) is 59.6 cm³/mol. The van der Waals surface area contributed by atoms with Gasteiger partial charge in [-0.1, -0.05) is 24.3 Å². The second kappa shape index (κ2) is 4.92. The van der Waals surface area contributed by atoms with Crippen LogP contribution in [0, 0.1) is 0 Å². The van der Waals surface area contributed by atoms with E-state index in [1.807, 2.05) is 35.0 Å². The lowest BCUT2D eigenvalue weighted by Gasteiger charge is -2.06. The zero-order chi connectivity index (χ0) is 11.4. The first-order valence-corrected chi connectivity index (χ1v) is 5.13. The normalized spacial score (nSPS) is 10.6. The molecule has 0 radical (unpaired) electrons. The van der Waals surface area contributed by atoms with Crippen molar-refractivity contribution in [1.29, 1.82) is 0 Å². The summed E-state index contributed by atoms with van der Waals surface area (Å²) >= 11 is 0. The molecule has 0 aliphatic heterocycles. The molecular formula is C12H14N2O2. The van der Waals surface area contributed by atoms with Crippen LogP contribution in [0.1, 0.15) is 17.0 Å².